The first-order valence-electron chi connectivity index (χ1n) is 8.46. The lowest BCUT2D eigenvalue weighted by molar-refractivity contribution is -0.117. The molecule has 0 saturated carbocycles. The monoisotopic (exact) mass is 402 g/mol. The number of rotatable bonds is 7. The molecular weight excluding hydrogens is 383 g/mol. The predicted octanol–water partition coefficient (Wildman–Crippen LogP) is 5.25. The van der Waals surface area contributed by atoms with Crippen molar-refractivity contribution >= 4 is 35.2 Å². The highest BCUT2D eigenvalue weighted by Gasteiger charge is 2.13. The second kappa shape index (κ2) is 10.0. The molecule has 2 rings (SSSR count). The maximum Gasteiger partial charge on any atom is 0.262 e. The Balaban J connectivity index is 2.14. The standard InChI is InChI=1S/C21H20Cl2N2O2/c1-14(2)13-27-20-18(22)9-16(10-19(20)23)8-17(11-24)21(26)25-12-15-6-4-3-5-7-15/h3-10,14H,12-13H2,1-2H3,(H,25,26)/b17-8+. The molecular formula is C21H20Cl2N2O2. The largest absolute Gasteiger partial charge is 0.490 e. The zero-order valence-electron chi connectivity index (χ0n) is 15.1. The molecule has 6 heteroatoms. The Labute approximate surface area is 169 Å². The lowest BCUT2D eigenvalue weighted by Crippen LogP contribution is -2.23. The second-order valence-electron chi connectivity index (χ2n) is 6.36. The van der Waals surface area contributed by atoms with Crippen LogP contribution in [0, 0.1) is 17.2 Å². The van der Waals surface area contributed by atoms with E-state index in [0.29, 0.717) is 40.4 Å². The van der Waals surface area contributed by atoms with Crippen LogP contribution in [-0.2, 0) is 11.3 Å². The van der Waals surface area contributed by atoms with Gasteiger partial charge in [0.1, 0.15) is 11.6 Å². The van der Waals surface area contributed by atoms with Crippen molar-refractivity contribution in [3.63, 3.8) is 0 Å². The van der Waals surface area contributed by atoms with Crippen LogP contribution in [0.3, 0.4) is 0 Å². The zero-order chi connectivity index (χ0) is 19.8. The summed E-state index contributed by atoms with van der Waals surface area (Å²) in [5.41, 5.74) is 1.46. The van der Waals surface area contributed by atoms with Crippen molar-refractivity contribution in [2.75, 3.05) is 6.61 Å². The van der Waals surface area contributed by atoms with E-state index in [9.17, 15) is 10.1 Å². The van der Waals surface area contributed by atoms with E-state index in [4.69, 9.17) is 27.9 Å². The number of benzene rings is 2. The first kappa shape index (κ1) is 20.8. The van der Waals surface area contributed by atoms with Gasteiger partial charge in [-0.05, 0) is 35.3 Å². The third kappa shape index (κ3) is 6.32. The molecule has 1 N–H and O–H groups in total. The summed E-state index contributed by atoms with van der Waals surface area (Å²) in [5, 5.41) is 12.7. The SMILES string of the molecule is CC(C)COc1c(Cl)cc(/C=C(\C#N)C(=O)NCc2ccccc2)cc1Cl. The van der Waals surface area contributed by atoms with E-state index in [-0.39, 0.29) is 5.57 Å². The summed E-state index contributed by atoms with van der Waals surface area (Å²) in [6, 6.07) is 14.6. The molecule has 0 atom stereocenters. The van der Waals surface area contributed by atoms with Crippen molar-refractivity contribution in [2.24, 2.45) is 5.92 Å². The highest BCUT2D eigenvalue weighted by atomic mass is 35.5. The lowest BCUT2D eigenvalue weighted by atomic mass is 10.1. The lowest BCUT2D eigenvalue weighted by Gasteiger charge is -2.12. The summed E-state index contributed by atoms with van der Waals surface area (Å²) in [7, 11) is 0. The summed E-state index contributed by atoms with van der Waals surface area (Å²) in [4.78, 5) is 12.3. The first-order chi connectivity index (χ1) is 12.9. The van der Waals surface area contributed by atoms with Gasteiger partial charge in [-0.3, -0.25) is 4.79 Å². The first-order valence-corrected chi connectivity index (χ1v) is 9.22. The topological polar surface area (TPSA) is 62.1 Å². The normalized spacial score (nSPS) is 11.2. The fourth-order valence-corrected chi connectivity index (χ4v) is 2.85. The summed E-state index contributed by atoms with van der Waals surface area (Å²) in [6.45, 7) is 4.86. The fourth-order valence-electron chi connectivity index (χ4n) is 2.24. The van der Waals surface area contributed by atoms with Gasteiger partial charge >= 0.3 is 0 Å². The third-order valence-corrected chi connectivity index (χ3v) is 4.12. The summed E-state index contributed by atoms with van der Waals surface area (Å²) < 4.78 is 5.62. The van der Waals surface area contributed by atoms with Gasteiger partial charge in [-0.1, -0.05) is 67.4 Å². The van der Waals surface area contributed by atoms with Crippen LogP contribution in [0.5, 0.6) is 5.75 Å². The summed E-state index contributed by atoms with van der Waals surface area (Å²) >= 11 is 12.5. The highest BCUT2D eigenvalue weighted by Crippen LogP contribution is 2.35. The Hall–Kier alpha value is -2.48. The minimum Gasteiger partial charge on any atom is -0.490 e. The van der Waals surface area contributed by atoms with Crippen LogP contribution >= 0.6 is 23.2 Å². The number of nitriles is 1. The van der Waals surface area contributed by atoms with Crippen molar-refractivity contribution in [1.82, 2.24) is 5.32 Å². The average Bonchev–Trinajstić information content (AvgIpc) is 2.64. The van der Waals surface area contributed by atoms with E-state index < -0.39 is 5.91 Å². The van der Waals surface area contributed by atoms with Crippen molar-refractivity contribution in [3.05, 3.63) is 69.2 Å². The van der Waals surface area contributed by atoms with Crippen LogP contribution in [0.4, 0.5) is 0 Å². The molecule has 0 saturated heterocycles. The van der Waals surface area contributed by atoms with E-state index in [0.717, 1.165) is 5.56 Å². The quantitative estimate of drug-likeness (QED) is 0.507. The molecule has 0 fully saturated rings. The number of amides is 1. The maximum atomic E-state index is 12.3. The molecule has 0 bridgehead atoms. The molecule has 4 nitrogen and oxygen atoms in total. The molecule has 0 aliphatic rings. The molecule has 0 aromatic heterocycles. The van der Waals surface area contributed by atoms with Crippen LogP contribution in [0.15, 0.2) is 48.0 Å². The van der Waals surface area contributed by atoms with Gasteiger partial charge in [-0.15, -0.1) is 0 Å². The van der Waals surface area contributed by atoms with E-state index in [1.165, 1.54) is 6.08 Å². The molecule has 2 aromatic carbocycles. The maximum absolute atomic E-state index is 12.3. The number of carbonyl (C=O) groups is 1. The predicted molar refractivity (Wildman–Crippen MR) is 109 cm³/mol. The van der Waals surface area contributed by atoms with Crippen LogP contribution in [-0.4, -0.2) is 12.5 Å². The Kier molecular flexibility index (Phi) is 7.72. The molecule has 0 radical (unpaired) electrons. The van der Waals surface area contributed by atoms with Crippen LogP contribution in [0.2, 0.25) is 10.0 Å². The molecule has 0 aliphatic carbocycles. The van der Waals surface area contributed by atoms with E-state index in [2.05, 4.69) is 5.32 Å². The van der Waals surface area contributed by atoms with Gasteiger partial charge in [0.25, 0.3) is 5.91 Å². The smallest absolute Gasteiger partial charge is 0.262 e. The number of ether oxygens (including phenoxy) is 1. The molecule has 0 aliphatic heterocycles. The molecule has 1 amide bonds. The minimum absolute atomic E-state index is 0.0334. The molecule has 27 heavy (non-hydrogen) atoms. The van der Waals surface area contributed by atoms with Gasteiger partial charge in [0.05, 0.1) is 16.7 Å². The molecule has 0 heterocycles. The molecule has 2 aromatic rings. The molecule has 140 valence electrons. The third-order valence-electron chi connectivity index (χ3n) is 3.55. The van der Waals surface area contributed by atoms with Crippen LogP contribution < -0.4 is 10.1 Å². The number of nitrogens with one attached hydrogen (secondary N) is 1. The summed E-state index contributed by atoms with van der Waals surface area (Å²) in [6.07, 6.45) is 1.45. The van der Waals surface area contributed by atoms with Gasteiger partial charge in [0.15, 0.2) is 5.75 Å². The number of carbonyl (C=O) groups excluding carboxylic acids is 1. The van der Waals surface area contributed by atoms with Crippen LogP contribution in [0.25, 0.3) is 6.08 Å². The van der Waals surface area contributed by atoms with Crippen molar-refractivity contribution in [3.8, 4) is 11.8 Å². The number of hydrogen-bond donors (Lipinski definition) is 1. The Bertz CT molecular complexity index is 848. The zero-order valence-corrected chi connectivity index (χ0v) is 16.6. The van der Waals surface area contributed by atoms with E-state index >= 15 is 0 Å². The van der Waals surface area contributed by atoms with E-state index in [1.54, 1.807) is 12.1 Å². The fraction of sp³-hybridized carbons (Fsp3) is 0.238. The summed E-state index contributed by atoms with van der Waals surface area (Å²) in [5.74, 6) is 0.264. The van der Waals surface area contributed by atoms with Crippen molar-refractivity contribution in [2.45, 2.75) is 20.4 Å². The average molecular weight is 403 g/mol. The molecule has 0 spiro atoms. The number of halogens is 2. The Morgan fingerprint density at radius 3 is 2.41 bits per heavy atom. The van der Waals surface area contributed by atoms with Gasteiger partial charge in [0, 0.05) is 6.54 Å². The number of nitrogens with zero attached hydrogens (tertiary/aromatic N) is 1. The van der Waals surface area contributed by atoms with Gasteiger partial charge < -0.3 is 10.1 Å². The second-order valence-corrected chi connectivity index (χ2v) is 7.17. The van der Waals surface area contributed by atoms with E-state index in [1.807, 2.05) is 50.2 Å². The Morgan fingerprint density at radius 1 is 1.22 bits per heavy atom. The van der Waals surface area contributed by atoms with Crippen molar-refractivity contribution < 1.29 is 9.53 Å². The highest BCUT2D eigenvalue weighted by molar-refractivity contribution is 6.37. The Morgan fingerprint density at radius 2 is 1.85 bits per heavy atom. The molecule has 0 unspecified atom stereocenters. The van der Waals surface area contributed by atoms with Crippen molar-refractivity contribution in [1.29, 1.82) is 5.26 Å². The number of hydrogen-bond acceptors (Lipinski definition) is 3. The van der Waals surface area contributed by atoms with Crippen LogP contribution in [0.1, 0.15) is 25.0 Å². The van der Waals surface area contributed by atoms with Gasteiger partial charge in [-0.2, -0.15) is 5.26 Å². The minimum atomic E-state index is -0.464. The van der Waals surface area contributed by atoms with Gasteiger partial charge in [0.2, 0.25) is 0 Å². The van der Waals surface area contributed by atoms with Gasteiger partial charge in [-0.25, -0.2) is 0 Å².